The predicted molar refractivity (Wildman–Crippen MR) is 125 cm³/mol. The molecule has 3 amide bonds. The predicted octanol–water partition coefficient (Wildman–Crippen LogP) is -1.44. The second kappa shape index (κ2) is 13.3. The minimum absolute atomic E-state index is 0.0212. The fraction of sp³-hybridized carbons (Fsp3) is 0.500. The van der Waals surface area contributed by atoms with Crippen molar-refractivity contribution in [3.8, 4) is 0 Å². The topological polar surface area (TPSA) is 208 Å². The molecule has 34 heavy (non-hydrogen) atoms. The first-order chi connectivity index (χ1) is 16.2. The van der Waals surface area contributed by atoms with Crippen molar-refractivity contribution >= 4 is 35.5 Å². The Balaban J connectivity index is 2.17. The zero-order valence-electron chi connectivity index (χ0n) is 18.9. The number of aromatic amines is 2. The van der Waals surface area contributed by atoms with Crippen LogP contribution in [0.25, 0.3) is 0 Å². The van der Waals surface area contributed by atoms with E-state index in [2.05, 4.69) is 35.9 Å². The molecule has 0 fully saturated rings. The van der Waals surface area contributed by atoms with Gasteiger partial charge in [0.15, 0.2) is 0 Å². The minimum Gasteiger partial charge on any atom is -0.480 e. The lowest BCUT2D eigenvalue weighted by Crippen LogP contribution is -2.57. The van der Waals surface area contributed by atoms with Crippen LogP contribution in [-0.2, 0) is 32.0 Å². The van der Waals surface area contributed by atoms with Gasteiger partial charge in [0.25, 0.3) is 0 Å². The standard InChI is InChI=1S/C20H30N8O5S/c1-11(21)17(29)26-14(3-4-34-2)18(30)27-15(5-12-7-22-9-24-12)19(31)28-16(20(32)33)6-13-8-23-10-25-13/h7-11,14-16H,3-6,21H2,1-2H3,(H,22,24)(H,23,25)(H,26,29)(H,27,30)(H,28,31)(H,32,33). The Morgan fingerprint density at radius 1 is 0.941 bits per heavy atom. The SMILES string of the molecule is CSCCC(NC(=O)C(C)N)C(=O)NC(Cc1cnc[nH]1)C(=O)NC(Cc1cnc[nH]1)C(=O)O. The highest BCUT2D eigenvalue weighted by Gasteiger charge is 2.30. The average Bonchev–Trinajstić information content (AvgIpc) is 3.49. The third-order valence-electron chi connectivity index (χ3n) is 4.86. The maximum Gasteiger partial charge on any atom is 0.326 e. The number of carbonyl (C=O) groups excluding carboxylic acids is 3. The summed E-state index contributed by atoms with van der Waals surface area (Å²) in [4.78, 5) is 63.3. The van der Waals surface area contributed by atoms with Crippen LogP contribution in [0.2, 0.25) is 0 Å². The number of carboxylic acid groups (broad SMARTS) is 1. The van der Waals surface area contributed by atoms with Crippen molar-refractivity contribution in [2.75, 3.05) is 12.0 Å². The van der Waals surface area contributed by atoms with Gasteiger partial charge in [-0.25, -0.2) is 14.8 Å². The lowest BCUT2D eigenvalue weighted by molar-refractivity contribution is -0.142. The minimum atomic E-state index is -1.25. The molecule has 13 nitrogen and oxygen atoms in total. The molecule has 8 N–H and O–H groups in total. The number of imidazole rings is 2. The number of aromatic nitrogens is 4. The number of nitrogens with two attached hydrogens (primary N) is 1. The van der Waals surface area contributed by atoms with Crippen LogP contribution in [0, 0.1) is 0 Å². The monoisotopic (exact) mass is 494 g/mol. The molecule has 14 heteroatoms. The van der Waals surface area contributed by atoms with Gasteiger partial charge in [0.2, 0.25) is 17.7 Å². The number of carbonyl (C=O) groups is 4. The van der Waals surface area contributed by atoms with Gasteiger partial charge in [0.1, 0.15) is 18.1 Å². The molecule has 0 bridgehead atoms. The van der Waals surface area contributed by atoms with Crippen LogP contribution in [0.5, 0.6) is 0 Å². The number of aliphatic carboxylic acids is 1. The number of hydrogen-bond donors (Lipinski definition) is 7. The summed E-state index contributed by atoms with van der Waals surface area (Å²) in [6, 6.07) is -4.10. The highest BCUT2D eigenvalue weighted by atomic mass is 32.2. The Kier molecular flexibility index (Phi) is 10.5. The zero-order chi connectivity index (χ0) is 25.1. The Morgan fingerprint density at radius 3 is 1.91 bits per heavy atom. The smallest absolute Gasteiger partial charge is 0.326 e. The number of nitrogens with zero attached hydrogens (tertiary/aromatic N) is 2. The molecule has 0 aliphatic carbocycles. The van der Waals surface area contributed by atoms with Gasteiger partial charge >= 0.3 is 5.97 Å². The van der Waals surface area contributed by atoms with E-state index in [1.165, 1.54) is 43.7 Å². The summed E-state index contributed by atoms with van der Waals surface area (Å²) in [5.41, 5.74) is 6.69. The van der Waals surface area contributed by atoms with Gasteiger partial charge in [0.05, 0.1) is 18.7 Å². The number of H-pyrrole nitrogens is 2. The quantitative estimate of drug-likeness (QED) is 0.164. The summed E-state index contributed by atoms with van der Waals surface area (Å²) in [5, 5.41) is 17.3. The van der Waals surface area contributed by atoms with Gasteiger partial charge < -0.3 is 36.8 Å². The fourth-order valence-electron chi connectivity index (χ4n) is 2.99. The van der Waals surface area contributed by atoms with E-state index in [9.17, 15) is 24.3 Å². The summed E-state index contributed by atoms with van der Waals surface area (Å²) < 4.78 is 0. The summed E-state index contributed by atoms with van der Waals surface area (Å²) >= 11 is 1.50. The second-order valence-electron chi connectivity index (χ2n) is 7.65. The molecule has 4 unspecified atom stereocenters. The van der Waals surface area contributed by atoms with Crippen molar-refractivity contribution in [3.63, 3.8) is 0 Å². The molecule has 2 heterocycles. The van der Waals surface area contributed by atoms with Crippen molar-refractivity contribution in [2.45, 2.75) is 50.4 Å². The third-order valence-corrected chi connectivity index (χ3v) is 5.51. The second-order valence-corrected chi connectivity index (χ2v) is 8.64. The first-order valence-corrected chi connectivity index (χ1v) is 11.9. The highest BCUT2D eigenvalue weighted by Crippen LogP contribution is 2.06. The lowest BCUT2D eigenvalue weighted by Gasteiger charge is -2.24. The van der Waals surface area contributed by atoms with Crippen molar-refractivity contribution in [2.24, 2.45) is 5.73 Å². The molecular weight excluding hydrogens is 464 g/mol. The Morgan fingerprint density at radius 2 is 1.44 bits per heavy atom. The van der Waals surface area contributed by atoms with E-state index in [0.717, 1.165) is 0 Å². The van der Waals surface area contributed by atoms with Crippen LogP contribution in [-0.4, -0.2) is 84.9 Å². The first kappa shape index (κ1) is 26.9. The van der Waals surface area contributed by atoms with Crippen LogP contribution in [0.15, 0.2) is 25.0 Å². The van der Waals surface area contributed by atoms with Crippen LogP contribution in [0.1, 0.15) is 24.7 Å². The number of thioether (sulfide) groups is 1. The van der Waals surface area contributed by atoms with Crippen LogP contribution in [0.3, 0.4) is 0 Å². The van der Waals surface area contributed by atoms with Crippen LogP contribution >= 0.6 is 11.8 Å². The van der Waals surface area contributed by atoms with E-state index in [1.54, 1.807) is 0 Å². The largest absolute Gasteiger partial charge is 0.480 e. The summed E-state index contributed by atoms with van der Waals surface area (Å²) in [6.07, 6.45) is 7.98. The Labute approximate surface area is 200 Å². The molecule has 0 saturated carbocycles. The maximum atomic E-state index is 13.1. The molecule has 0 aliphatic rings. The van der Waals surface area contributed by atoms with Gasteiger partial charge in [0, 0.05) is 36.6 Å². The number of amides is 3. The Hall–Kier alpha value is -3.39. The number of hydrogen-bond acceptors (Lipinski definition) is 8. The summed E-state index contributed by atoms with van der Waals surface area (Å²) in [5.74, 6) is -2.43. The maximum absolute atomic E-state index is 13.1. The van der Waals surface area contributed by atoms with E-state index in [1.807, 2.05) is 6.26 Å². The molecule has 0 spiro atoms. The van der Waals surface area contributed by atoms with Crippen molar-refractivity contribution < 1.29 is 24.3 Å². The molecule has 0 aromatic carbocycles. The van der Waals surface area contributed by atoms with Crippen LogP contribution in [0.4, 0.5) is 0 Å². The number of nitrogens with one attached hydrogen (secondary N) is 5. The lowest BCUT2D eigenvalue weighted by atomic mass is 10.1. The molecule has 0 radical (unpaired) electrons. The molecule has 2 aromatic heterocycles. The van der Waals surface area contributed by atoms with E-state index >= 15 is 0 Å². The van der Waals surface area contributed by atoms with Gasteiger partial charge in [-0.2, -0.15) is 11.8 Å². The van der Waals surface area contributed by atoms with Crippen molar-refractivity contribution in [3.05, 3.63) is 36.4 Å². The van der Waals surface area contributed by atoms with E-state index in [-0.39, 0.29) is 12.8 Å². The van der Waals surface area contributed by atoms with Crippen molar-refractivity contribution in [1.29, 1.82) is 0 Å². The number of carboxylic acids is 1. The van der Waals surface area contributed by atoms with E-state index < -0.39 is 47.9 Å². The van der Waals surface area contributed by atoms with E-state index in [0.29, 0.717) is 23.6 Å². The molecule has 0 saturated heterocycles. The third kappa shape index (κ3) is 8.51. The molecule has 2 aromatic rings. The molecule has 2 rings (SSSR count). The van der Waals surface area contributed by atoms with Gasteiger partial charge in [-0.05, 0) is 25.4 Å². The highest BCUT2D eigenvalue weighted by molar-refractivity contribution is 7.98. The average molecular weight is 495 g/mol. The fourth-order valence-corrected chi connectivity index (χ4v) is 3.47. The van der Waals surface area contributed by atoms with E-state index in [4.69, 9.17) is 5.73 Å². The Bertz CT molecular complexity index is 935. The zero-order valence-corrected chi connectivity index (χ0v) is 19.7. The summed E-state index contributed by atoms with van der Waals surface area (Å²) in [6.45, 7) is 1.50. The normalized spacial score (nSPS) is 14.4. The van der Waals surface area contributed by atoms with Gasteiger partial charge in [-0.3, -0.25) is 14.4 Å². The number of rotatable bonds is 14. The molecule has 0 aliphatic heterocycles. The molecular formula is C20H30N8O5S. The molecule has 186 valence electrons. The van der Waals surface area contributed by atoms with Gasteiger partial charge in [-0.1, -0.05) is 0 Å². The summed E-state index contributed by atoms with van der Waals surface area (Å²) in [7, 11) is 0. The molecule has 4 atom stereocenters. The van der Waals surface area contributed by atoms with Crippen molar-refractivity contribution in [1.82, 2.24) is 35.9 Å². The first-order valence-electron chi connectivity index (χ1n) is 10.5. The van der Waals surface area contributed by atoms with Gasteiger partial charge in [-0.15, -0.1) is 0 Å². The van der Waals surface area contributed by atoms with Crippen LogP contribution < -0.4 is 21.7 Å².